The van der Waals surface area contributed by atoms with Crippen LogP contribution in [-0.4, -0.2) is 23.7 Å². The van der Waals surface area contributed by atoms with Gasteiger partial charge in [-0.15, -0.1) is 0 Å². The third kappa shape index (κ3) is 5.72. The quantitative estimate of drug-likeness (QED) is 0.474. The van der Waals surface area contributed by atoms with E-state index in [1.54, 1.807) is 36.4 Å². The average Bonchev–Trinajstić information content (AvgIpc) is 2.60. The normalized spacial score (nSPS) is 10.8. The van der Waals surface area contributed by atoms with E-state index in [4.69, 9.17) is 4.74 Å². The lowest BCUT2D eigenvalue weighted by Gasteiger charge is -2.08. The van der Waals surface area contributed by atoms with Crippen LogP contribution in [0.15, 0.2) is 53.6 Å². The molecule has 7 nitrogen and oxygen atoms in total. The third-order valence-corrected chi connectivity index (χ3v) is 3.16. The number of hydrazone groups is 1. The monoisotopic (exact) mass is 341 g/mol. The Kier molecular flexibility index (Phi) is 6.22. The maximum absolute atomic E-state index is 12.0. The van der Waals surface area contributed by atoms with Crippen molar-refractivity contribution in [2.75, 3.05) is 6.61 Å². The second-order valence-electron chi connectivity index (χ2n) is 5.78. The summed E-state index contributed by atoms with van der Waals surface area (Å²) < 4.78 is 5.56. The van der Waals surface area contributed by atoms with E-state index in [1.807, 2.05) is 0 Å². The van der Waals surface area contributed by atoms with Crippen LogP contribution in [0, 0.1) is 16.0 Å². The molecule has 7 heteroatoms. The van der Waals surface area contributed by atoms with E-state index in [1.165, 1.54) is 18.3 Å². The average molecular weight is 341 g/mol. The van der Waals surface area contributed by atoms with Gasteiger partial charge in [-0.1, -0.05) is 26.0 Å². The molecule has 0 aromatic heterocycles. The van der Waals surface area contributed by atoms with Crippen LogP contribution < -0.4 is 10.2 Å². The molecule has 0 bridgehead atoms. The number of hydrogen-bond donors (Lipinski definition) is 1. The van der Waals surface area contributed by atoms with Crippen molar-refractivity contribution in [1.29, 1.82) is 0 Å². The lowest BCUT2D eigenvalue weighted by Crippen LogP contribution is -2.17. The number of non-ortho nitro benzene ring substituents is 1. The molecule has 0 aliphatic carbocycles. The van der Waals surface area contributed by atoms with Crippen LogP contribution in [0.5, 0.6) is 5.75 Å². The maximum atomic E-state index is 12.0. The zero-order valence-corrected chi connectivity index (χ0v) is 14.0. The number of rotatable bonds is 7. The Morgan fingerprint density at radius 3 is 2.64 bits per heavy atom. The van der Waals surface area contributed by atoms with Gasteiger partial charge >= 0.3 is 0 Å². The first-order chi connectivity index (χ1) is 12.0. The molecule has 25 heavy (non-hydrogen) atoms. The minimum atomic E-state index is -0.487. The smallest absolute Gasteiger partial charge is 0.271 e. The summed E-state index contributed by atoms with van der Waals surface area (Å²) in [4.78, 5) is 22.2. The Morgan fingerprint density at radius 1 is 1.28 bits per heavy atom. The van der Waals surface area contributed by atoms with Crippen LogP contribution in [0.3, 0.4) is 0 Å². The highest BCUT2D eigenvalue weighted by Crippen LogP contribution is 2.13. The minimum absolute atomic E-state index is 0.0349. The van der Waals surface area contributed by atoms with E-state index in [2.05, 4.69) is 24.4 Å². The number of nitro benzene ring substituents is 1. The van der Waals surface area contributed by atoms with Crippen molar-refractivity contribution in [2.45, 2.75) is 13.8 Å². The van der Waals surface area contributed by atoms with Gasteiger partial charge in [0.15, 0.2) is 0 Å². The maximum Gasteiger partial charge on any atom is 0.271 e. The van der Waals surface area contributed by atoms with Crippen LogP contribution in [-0.2, 0) is 0 Å². The molecule has 0 atom stereocenters. The van der Waals surface area contributed by atoms with Crippen LogP contribution in [0.2, 0.25) is 0 Å². The number of nitrogens with zero attached hydrogens (tertiary/aromatic N) is 2. The first-order valence-corrected chi connectivity index (χ1v) is 7.76. The largest absolute Gasteiger partial charge is 0.493 e. The molecule has 0 aliphatic heterocycles. The van der Waals surface area contributed by atoms with Gasteiger partial charge in [0.25, 0.3) is 11.6 Å². The van der Waals surface area contributed by atoms with Gasteiger partial charge in [0.05, 0.1) is 17.7 Å². The van der Waals surface area contributed by atoms with Gasteiger partial charge in [0.1, 0.15) is 5.75 Å². The van der Waals surface area contributed by atoms with E-state index in [9.17, 15) is 14.9 Å². The number of hydrogen-bond acceptors (Lipinski definition) is 5. The lowest BCUT2D eigenvalue weighted by atomic mass is 10.2. The van der Waals surface area contributed by atoms with Crippen molar-refractivity contribution >= 4 is 17.8 Å². The molecule has 0 saturated heterocycles. The molecule has 2 aromatic carbocycles. The van der Waals surface area contributed by atoms with Gasteiger partial charge in [-0.25, -0.2) is 5.43 Å². The van der Waals surface area contributed by atoms with Gasteiger partial charge in [-0.05, 0) is 30.2 Å². The summed E-state index contributed by atoms with van der Waals surface area (Å²) in [7, 11) is 0. The summed E-state index contributed by atoms with van der Waals surface area (Å²) in [5.74, 6) is 0.744. The minimum Gasteiger partial charge on any atom is -0.493 e. The molecular formula is C18H19N3O4. The first kappa shape index (κ1) is 18.1. The van der Waals surface area contributed by atoms with Crippen molar-refractivity contribution < 1.29 is 14.5 Å². The molecule has 0 aliphatic rings. The van der Waals surface area contributed by atoms with Gasteiger partial charge in [-0.3, -0.25) is 14.9 Å². The van der Waals surface area contributed by atoms with Crippen LogP contribution in [0.25, 0.3) is 0 Å². The molecule has 0 saturated carbocycles. The Labute approximate surface area is 145 Å². The fourth-order valence-corrected chi connectivity index (χ4v) is 1.91. The summed E-state index contributed by atoms with van der Waals surface area (Å²) in [5.41, 5.74) is 3.31. The third-order valence-electron chi connectivity index (χ3n) is 3.16. The molecule has 2 rings (SSSR count). The van der Waals surface area contributed by atoms with Crippen LogP contribution in [0.4, 0.5) is 5.69 Å². The van der Waals surface area contributed by atoms with Crippen molar-refractivity contribution in [1.82, 2.24) is 5.43 Å². The molecule has 0 fully saturated rings. The van der Waals surface area contributed by atoms with Crippen molar-refractivity contribution in [3.05, 3.63) is 69.8 Å². The molecule has 0 spiro atoms. The fraction of sp³-hybridized carbons (Fsp3) is 0.222. The van der Waals surface area contributed by atoms with Gasteiger partial charge in [-0.2, -0.15) is 5.10 Å². The van der Waals surface area contributed by atoms with Crippen LogP contribution in [0.1, 0.15) is 29.8 Å². The standard InChI is InChI=1S/C18H19N3O4/c1-13(2)12-25-17-8-6-15(7-9-17)18(22)20-19-11-14-4-3-5-16(10-14)21(23)24/h3-11,13H,12H2,1-2H3,(H,20,22). The van der Waals surface area contributed by atoms with Crippen molar-refractivity contribution in [3.63, 3.8) is 0 Å². The van der Waals surface area contributed by atoms with E-state index in [0.29, 0.717) is 29.4 Å². The van der Waals surface area contributed by atoms with Gasteiger partial charge < -0.3 is 4.74 Å². The van der Waals surface area contributed by atoms with Gasteiger partial charge in [0, 0.05) is 23.3 Å². The number of amides is 1. The number of benzene rings is 2. The number of carbonyl (C=O) groups excluding carboxylic acids is 1. The highest BCUT2D eigenvalue weighted by molar-refractivity contribution is 5.95. The Bertz CT molecular complexity index is 770. The summed E-state index contributed by atoms with van der Waals surface area (Å²) in [6, 6.07) is 12.7. The number of carbonyl (C=O) groups is 1. The molecule has 130 valence electrons. The van der Waals surface area contributed by atoms with Gasteiger partial charge in [0.2, 0.25) is 0 Å². The Morgan fingerprint density at radius 2 is 2.00 bits per heavy atom. The molecule has 1 N–H and O–H groups in total. The predicted molar refractivity (Wildman–Crippen MR) is 94.9 cm³/mol. The van der Waals surface area contributed by atoms with E-state index in [-0.39, 0.29) is 11.6 Å². The number of ether oxygens (including phenoxy) is 1. The van der Waals surface area contributed by atoms with Crippen molar-refractivity contribution in [2.24, 2.45) is 11.0 Å². The highest BCUT2D eigenvalue weighted by Gasteiger charge is 2.06. The number of nitrogens with one attached hydrogen (secondary N) is 1. The zero-order chi connectivity index (χ0) is 18.2. The summed E-state index contributed by atoms with van der Waals surface area (Å²) in [6.07, 6.45) is 1.35. The molecule has 0 radical (unpaired) electrons. The number of nitro groups is 1. The SMILES string of the molecule is CC(C)COc1ccc(C(=O)NN=Cc2cccc([N+](=O)[O-])c2)cc1. The van der Waals surface area contributed by atoms with E-state index >= 15 is 0 Å². The first-order valence-electron chi connectivity index (χ1n) is 7.76. The second-order valence-corrected chi connectivity index (χ2v) is 5.78. The highest BCUT2D eigenvalue weighted by atomic mass is 16.6. The topological polar surface area (TPSA) is 93.8 Å². The summed E-state index contributed by atoms with van der Waals surface area (Å²) >= 11 is 0. The molecule has 2 aromatic rings. The van der Waals surface area contributed by atoms with Crippen molar-refractivity contribution in [3.8, 4) is 5.75 Å². The predicted octanol–water partition coefficient (Wildman–Crippen LogP) is 3.39. The molecule has 0 unspecified atom stereocenters. The fourth-order valence-electron chi connectivity index (χ4n) is 1.91. The summed E-state index contributed by atoms with van der Waals surface area (Å²) in [5, 5.41) is 14.5. The summed E-state index contributed by atoms with van der Waals surface area (Å²) in [6.45, 7) is 4.72. The second kappa shape index (κ2) is 8.58. The molecule has 0 heterocycles. The lowest BCUT2D eigenvalue weighted by molar-refractivity contribution is -0.384. The molecule has 1 amide bonds. The zero-order valence-electron chi connectivity index (χ0n) is 14.0. The molecular weight excluding hydrogens is 322 g/mol. The van der Waals surface area contributed by atoms with Crippen LogP contribution >= 0.6 is 0 Å². The Hall–Kier alpha value is -3.22. The Balaban J connectivity index is 1.93. The van der Waals surface area contributed by atoms with E-state index < -0.39 is 4.92 Å². The van der Waals surface area contributed by atoms with E-state index in [0.717, 1.165) is 0 Å².